The van der Waals surface area contributed by atoms with E-state index >= 15 is 0 Å². The van der Waals surface area contributed by atoms with Gasteiger partial charge in [-0.3, -0.25) is 9.59 Å². The number of carboxylic acids is 1. The predicted molar refractivity (Wildman–Crippen MR) is 115 cm³/mol. The number of rotatable bonds is 8. The number of aliphatic carboxylic acids is 1. The van der Waals surface area contributed by atoms with Gasteiger partial charge >= 0.3 is 5.97 Å². The van der Waals surface area contributed by atoms with Crippen molar-refractivity contribution in [1.82, 2.24) is 0 Å². The highest BCUT2D eigenvalue weighted by molar-refractivity contribution is 6.02. The van der Waals surface area contributed by atoms with E-state index in [1.807, 2.05) is 0 Å². The number of hydrogen-bond donors (Lipinski definition) is 1. The summed E-state index contributed by atoms with van der Waals surface area (Å²) in [6.07, 6.45) is -0.336. The summed E-state index contributed by atoms with van der Waals surface area (Å²) < 4.78 is 21.2. The zero-order valence-electron chi connectivity index (χ0n) is 18.0. The van der Waals surface area contributed by atoms with E-state index in [-0.39, 0.29) is 12.3 Å². The number of carboxylic acid groups (broad SMARTS) is 1. The smallest absolute Gasteiger partial charge is 0.305 e. The molecular weight excluding hydrogens is 404 g/mol. The summed E-state index contributed by atoms with van der Waals surface area (Å²) in [7, 11) is 6.12. The third-order valence-electron chi connectivity index (χ3n) is 5.24. The van der Waals surface area contributed by atoms with E-state index in [2.05, 4.69) is 0 Å². The van der Waals surface area contributed by atoms with E-state index in [4.69, 9.17) is 18.9 Å². The molecule has 0 spiro atoms. The molecule has 0 aromatic heterocycles. The molecule has 1 N–H and O–H groups in total. The van der Waals surface area contributed by atoms with E-state index in [1.54, 1.807) is 46.2 Å². The minimum atomic E-state index is -1.06. The Hall–Kier alpha value is -3.62. The van der Waals surface area contributed by atoms with Crippen molar-refractivity contribution in [1.29, 1.82) is 0 Å². The minimum Gasteiger partial charge on any atom is -0.493 e. The van der Waals surface area contributed by atoms with Crippen molar-refractivity contribution in [2.75, 3.05) is 51.3 Å². The van der Waals surface area contributed by atoms with E-state index in [1.165, 1.54) is 28.4 Å². The molecule has 0 saturated carbocycles. The van der Waals surface area contributed by atoms with Crippen LogP contribution in [0.15, 0.2) is 36.4 Å². The minimum absolute atomic E-state index is 0.310. The quantitative estimate of drug-likeness (QED) is 0.682. The Balaban J connectivity index is 1.95. The molecule has 0 bridgehead atoms. The lowest BCUT2D eigenvalue weighted by atomic mass is 10.0. The number of anilines is 2. The second-order valence-corrected chi connectivity index (χ2v) is 6.88. The third kappa shape index (κ3) is 4.45. The highest BCUT2D eigenvalue weighted by Crippen LogP contribution is 2.36. The Bertz CT molecular complexity index is 963. The molecule has 2 aromatic rings. The highest BCUT2D eigenvalue weighted by atomic mass is 16.5. The van der Waals surface area contributed by atoms with Crippen molar-refractivity contribution in [3.8, 4) is 23.0 Å². The monoisotopic (exact) mass is 430 g/mol. The number of amides is 1. The number of methoxy groups -OCH3 is 4. The maximum atomic E-state index is 13.4. The van der Waals surface area contributed by atoms with Crippen LogP contribution in [0.4, 0.5) is 11.4 Å². The zero-order chi connectivity index (χ0) is 22.5. The second kappa shape index (κ2) is 9.46. The summed E-state index contributed by atoms with van der Waals surface area (Å²) in [5.41, 5.74) is 1.30. The van der Waals surface area contributed by atoms with Crippen molar-refractivity contribution in [2.24, 2.45) is 0 Å². The van der Waals surface area contributed by atoms with Crippen LogP contribution in [-0.4, -0.2) is 64.6 Å². The van der Waals surface area contributed by atoms with Gasteiger partial charge in [0.15, 0.2) is 23.0 Å². The molecule has 2 aromatic carbocycles. The molecule has 0 aliphatic carbocycles. The van der Waals surface area contributed by atoms with Gasteiger partial charge in [0.1, 0.15) is 6.04 Å². The topological polar surface area (TPSA) is 97.8 Å². The molecule has 1 atom stereocenters. The molecule has 1 aliphatic heterocycles. The average molecular weight is 430 g/mol. The van der Waals surface area contributed by atoms with Crippen molar-refractivity contribution in [2.45, 2.75) is 12.5 Å². The van der Waals surface area contributed by atoms with Crippen LogP contribution < -0.4 is 28.7 Å². The van der Waals surface area contributed by atoms with Gasteiger partial charge in [-0.05, 0) is 24.3 Å². The molecule has 1 unspecified atom stereocenters. The van der Waals surface area contributed by atoms with Crippen LogP contribution in [0, 0.1) is 0 Å². The summed E-state index contributed by atoms with van der Waals surface area (Å²) in [6.45, 7) is 0.812. The van der Waals surface area contributed by atoms with Crippen LogP contribution in [0.5, 0.6) is 23.0 Å². The van der Waals surface area contributed by atoms with Gasteiger partial charge in [-0.2, -0.15) is 0 Å². The molecular formula is C22H26N2O7. The van der Waals surface area contributed by atoms with E-state index < -0.39 is 12.0 Å². The first kappa shape index (κ1) is 22.1. The maximum absolute atomic E-state index is 13.4. The molecule has 3 rings (SSSR count). The number of carbonyl (C=O) groups is 2. The lowest BCUT2D eigenvalue weighted by molar-refractivity contribution is -0.139. The Morgan fingerprint density at radius 3 is 1.90 bits per heavy atom. The van der Waals surface area contributed by atoms with Crippen molar-refractivity contribution < 1.29 is 33.6 Å². The SMILES string of the molecule is COc1ccc(N2CCN(c3ccc(OC)c(OC)c3)C(CC(=O)O)C2=O)cc1OC. The fourth-order valence-corrected chi connectivity index (χ4v) is 3.71. The molecule has 9 heteroatoms. The molecule has 1 heterocycles. The van der Waals surface area contributed by atoms with Crippen LogP contribution in [-0.2, 0) is 9.59 Å². The fourth-order valence-electron chi connectivity index (χ4n) is 3.71. The lowest BCUT2D eigenvalue weighted by Crippen LogP contribution is -2.58. The predicted octanol–water partition coefficient (Wildman–Crippen LogP) is 2.42. The maximum Gasteiger partial charge on any atom is 0.305 e. The molecule has 1 amide bonds. The number of carbonyl (C=O) groups excluding carboxylic acids is 1. The fraction of sp³-hybridized carbons (Fsp3) is 0.364. The van der Waals surface area contributed by atoms with Gasteiger partial charge in [0.25, 0.3) is 0 Å². The highest BCUT2D eigenvalue weighted by Gasteiger charge is 2.37. The first-order valence-corrected chi connectivity index (χ1v) is 9.67. The van der Waals surface area contributed by atoms with Gasteiger partial charge in [0.05, 0.1) is 34.9 Å². The standard InChI is InChI=1S/C22H26N2O7/c1-28-17-7-5-14(11-19(17)30-3)23-9-10-24(22(27)16(23)13-21(25)26)15-6-8-18(29-2)20(12-15)31-4/h5-8,11-12,16H,9-10,13H2,1-4H3,(H,25,26). The van der Waals surface area contributed by atoms with E-state index in [0.717, 1.165) is 0 Å². The lowest BCUT2D eigenvalue weighted by Gasteiger charge is -2.41. The molecule has 1 fully saturated rings. The molecule has 1 aliphatic rings. The number of hydrogen-bond acceptors (Lipinski definition) is 7. The van der Waals surface area contributed by atoms with Gasteiger partial charge in [0, 0.05) is 36.6 Å². The summed E-state index contributed by atoms with van der Waals surface area (Å²) in [4.78, 5) is 28.3. The van der Waals surface area contributed by atoms with Crippen molar-refractivity contribution in [3.05, 3.63) is 36.4 Å². The molecule has 166 valence electrons. The van der Waals surface area contributed by atoms with Crippen LogP contribution in [0.2, 0.25) is 0 Å². The first-order valence-electron chi connectivity index (χ1n) is 9.67. The molecule has 9 nitrogen and oxygen atoms in total. The van der Waals surface area contributed by atoms with Crippen LogP contribution >= 0.6 is 0 Å². The van der Waals surface area contributed by atoms with Crippen LogP contribution in [0.1, 0.15) is 6.42 Å². The summed E-state index contributed by atoms with van der Waals surface area (Å²) in [5, 5.41) is 9.46. The van der Waals surface area contributed by atoms with E-state index in [0.29, 0.717) is 47.5 Å². The third-order valence-corrected chi connectivity index (χ3v) is 5.24. The van der Waals surface area contributed by atoms with Gasteiger partial charge in [-0.15, -0.1) is 0 Å². The van der Waals surface area contributed by atoms with E-state index in [9.17, 15) is 14.7 Å². The zero-order valence-corrected chi connectivity index (χ0v) is 18.0. The summed E-state index contributed by atoms with van der Waals surface area (Å²) in [5.74, 6) is 0.725. The number of piperazine rings is 1. The Labute approximate surface area is 180 Å². The van der Waals surface area contributed by atoms with Crippen LogP contribution in [0.3, 0.4) is 0 Å². The Morgan fingerprint density at radius 1 is 0.871 bits per heavy atom. The summed E-state index contributed by atoms with van der Waals surface area (Å²) in [6, 6.07) is 9.57. The number of benzene rings is 2. The van der Waals surface area contributed by atoms with Crippen molar-refractivity contribution in [3.63, 3.8) is 0 Å². The second-order valence-electron chi connectivity index (χ2n) is 6.88. The molecule has 0 radical (unpaired) electrons. The van der Waals surface area contributed by atoms with Gasteiger partial charge < -0.3 is 33.9 Å². The van der Waals surface area contributed by atoms with Gasteiger partial charge in [-0.25, -0.2) is 0 Å². The Morgan fingerprint density at radius 2 is 1.39 bits per heavy atom. The Kier molecular flexibility index (Phi) is 6.74. The van der Waals surface area contributed by atoms with Crippen LogP contribution in [0.25, 0.3) is 0 Å². The summed E-state index contributed by atoms with van der Waals surface area (Å²) >= 11 is 0. The average Bonchev–Trinajstić information content (AvgIpc) is 2.79. The largest absolute Gasteiger partial charge is 0.493 e. The molecule has 31 heavy (non-hydrogen) atoms. The first-order chi connectivity index (χ1) is 14.9. The van der Waals surface area contributed by atoms with Gasteiger partial charge in [-0.1, -0.05) is 0 Å². The van der Waals surface area contributed by atoms with Crippen molar-refractivity contribution >= 4 is 23.3 Å². The number of nitrogens with zero attached hydrogens (tertiary/aromatic N) is 2. The normalized spacial score (nSPS) is 16.1. The molecule has 1 saturated heterocycles. The van der Waals surface area contributed by atoms with Gasteiger partial charge in [0.2, 0.25) is 5.91 Å². The number of ether oxygens (including phenoxy) is 4.